The highest BCUT2D eigenvalue weighted by atomic mass is 16.2. The summed E-state index contributed by atoms with van der Waals surface area (Å²) in [7, 11) is 0. The van der Waals surface area contributed by atoms with E-state index in [9.17, 15) is 4.79 Å². The van der Waals surface area contributed by atoms with Crippen LogP contribution in [0.15, 0.2) is 67.5 Å². The molecule has 1 aliphatic rings. The molecule has 1 fully saturated rings. The molecule has 0 aliphatic carbocycles. The van der Waals surface area contributed by atoms with Crippen molar-refractivity contribution in [3.8, 4) is 22.5 Å². The molecule has 1 saturated heterocycles. The number of imidazole rings is 1. The molecular weight excluding hydrogens is 456 g/mol. The van der Waals surface area contributed by atoms with Crippen LogP contribution in [0.4, 0.5) is 17.5 Å². The van der Waals surface area contributed by atoms with Gasteiger partial charge in [0.05, 0.1) is 35.7 Å². The Kier molecular flexibility index (Phi) is 5.49. The Hall–Kier alpha value is -4.80. The zero-order valence-corrected chi connectivity index (χ0v) is 19.7. The van der Waals surface area contributed by atoms with E-state index in [4.69, 9.17) is 4.98 Å². The Morgan fingerprint density at radius 2 is 1.83 bits per heavy atom. The zero-order valence-electron chi connectivity index (χ0n) is 19.7. The zero-order chi connectivity index (χ0) is 24.5. The van der Waals surface area contributed by atoms with Gasteiger partial charge in [-0.3, -0.25) is 14.3 Å². The minimum atomic E-state index is 0.122. The minimum Gasteiger partial charge on any atom is -0.367 e. The van der Waals surface area contributed by atoms with Crippen LogP contribution in [0.1, 0.15) is 6.92 Å². The van der Waals surface area contributed by atoms with Crippen molar-refractivity contribution in [2.45, 2.75) is 6.92 Å². The highest BCUT2D eigenvalue weighted by Gasteiger charge is 2.19. The van der Waals surface area contributed by atoms with E-state index in [0.29, 0.717) is 11.8 Å². The van der Waals surface area contributed by atoms with Gasteiger partial charge in [-0.15, -0.1) is 0 Å². The first-order valence-corrected chi connectivity index (χ1v) is 11.7. The molecule has 5 aromatic rings. The second-order valence-electron chi connectivity index (χ2n) is 8.56. The number of pyridine rings is 2. The van der Waals surface area contributed by atoms with Crippen molar-refractivity contribution in [3.63, 3.8) is 0 Å². The summed E-state index contributed by atoms with van der Waals surface area (Å²) in [6, 6.07) is 9.77. The van der Waals surface area contributed by atoms with E-state index < -0.39 is 0 Å². The molecule has 0 radical (unpaired) electrons. The molecule has 2 N–H and O–H groups in total. The molecule has 6 heterocycles. The van der Waals surface area contributed by atoms with E-state index in [1.807, 2.05) is 58.2 Å². The number of anilines is 3. The second kappa shape index (κ2) is 9.10. The third kappa shape index (κ3) is 4.22. The fourth-order valence-corrected chi connectivity index (χ4v) is 4.35. The average molecular weight is 481 g/mol. The van der Waals surface area contributed by atoms with Crippen molar-refractivity contribution in [2.24, 2.45) is 0 Å². The lowest BCUT2D eigenvalue weighted by Gasteiger charge is -2.35. The maximum atomic E-state index is 11.6. The van der Waals surface area contributed by atoms with E-state index in [-0.39, 0.29) is 5.91 Å². The lowest BCUT2D eigenvalue weighted by atomic mass is 10.2. The first kappa shape index (κ1) is 21.7. The normalized spacial score (nSPS) is 13.8. The molecule has 1 aliphatic heterocycles. The number of aromatic nitrogens is 7. The van der Waals surface area contributed by atoms with E-state index >= 15 is 0 Å². The Balaban J connectivity index is 1.20. The van der Waals surface area contributed by atoms with Crippen molar-refractivity contribution in [2.75, 3.05) is 36.4 Å². The number of piperazine rings is 1. The van der Waals surface area contributed by atoms with Crippen LogP contribution in [-0.4, -0.2) is 71.5 Å². The number of nitrogens with zero attached hydrogens (tertiary/aromatic N) is 8. The summed E-state index contributed by atoms with van der Waals surface area (Å²) in [4.78, 5) is 33.8. The number of fused-ring (bicyclic) bond motifs is 1. The molecule has 0 atom stereocenters. The molecule has 11 heteroatoms. The van der Waals surface area contributed by atoms with Crippen LogP contribution in [-0.2, 0) is 4.79 Å². The van der Waals surface area contributed by atoms with Crippen molar-refractivity contribution < 1.29 is 4.79 Å². The predicted molar refractivity (Wildman–Crippen MR) is 136 cm³/mol. The molecule has 36 heavy (non-hydrogen) atoms. The molecule has 5 aromatic heterocycles. The average Bonchev–Trinajstić information content (AvgIpc) is 3.60. The molecular formula is C25H24N10O. The lowest BCUT2D eigenvalue weighted by molar-refractivity contribution is -0.129. The molecule has 6 rings (SSSR count). The summed E-state index contributed by atoms with van der Waals surface area (Å²) >= 11 is 0. The summed E-state index contributed by atoms with van der Waals surface area (Å²) in [5.41, 5.74) is 5.47. The van der Waals surface area contributed by atoms with Gasteiger partial charge in [-0.05, 0) is 30.3 Å². The Bertz CT molecular complexity index is 1500. The van der Waals surface area contributed by atoms with E-state index in [1.54, 1.807) is 25.5 Å². The molecule has 0 aromatic carbocycles. The van der Waals surface area contributed by atoms with Gasteiger partial charge in [0, 0.05) is 62.8 Å². The number of carbonyl (C=O) groups is 1. The molecule has 1 amide bonds. The van der Waals surface area contributed by atoms with Gasteiger partial charge in [0.15, 0.2) is 0 Å². The number of hydrogen-bond acceptors (Lipinski definition) is 8. The summed E-state index contributed by atoms with van der Waals surface area (Å²) in [5.74, 6) is 1.22. The van der Waals surface area contributed by atoms with Crippen LogP contribution in [0, 0.1) is 0 Å². The van der Waals surface area contributed by atoms with Crippen molar-refractivity contribution in [1.29, 1.82) is 0 Å². The third-order valence-corrected chi connectivity index (χ3v) is 6.33. The standard InChI is InChI=1S/C25H24N10O/c1-17(36)33-8-10-34(11-9-33)20-3-4-23(27-14-20)32-25-26-7-6-21(31-25)22-15-28-24-5-2-18(16-35(22)24)19-12-29-30-13-19/h2-7,12-16H,8-11H2,1H3,(H,29,30)(H,26,27,31,32). The number of aromatic amines is 1. The van der Waals surface area contributed by atoms with Gasteiger partial charge in [0.25, 0.3) is 0 Å². The van der Waals surface area contributed by atoms with E-state index in [1.165, 1.54) is 0 Å². The van der Waals surface area contributed by atoms with Crippen LogP contribution >= 0.6 is 0 Å². The molecule has 0 unspecified atom stereocenters. The lowest BCUT2D eigenvalue weighted by Crippen LogP contribution is -2.48. The third-order valence-electron chi connectivity index (χ3n) is 6.33. The van der Waals surface area contributed by atoms with Gasteiger partial charge in [-0.25, -0.2) is 19.9 Å². The molecule has 0 bridgehead atoms. The summed E-state index contributed by atoms with van der Waals surface area (Å²) in [5, 5.41) is 10.1. The van der Waals surface area contributed by atoms with Gasteiger partial charge in [-0.1, -0.05) is 0 Å². The molecule has 11 nitrogen and oxygen atoms in total. The van der Waals surface area contributed by atoms with Crippen molar-refractivity contribution in [3.05, 3.63) is 67.5 Å². The number of amides is 1. The largest absolute Gasteiger partial charge is 0.367 e. The minimum absolute atomic E-state index is 0.122. The van der Waals surface area contributed by atoms with Gasteiger partial charge in [-0.2, -0.15) is 5.10 Å². The van der Waals surface area contributed by atoms with Crippen LogP contribution in [0.25, 0.3) is 28.2 Å². The number of rotatable bonds is 5. The van der Waals surface area contributed by atoms with Gasteiger partial charge in [0.1, 0.15) is 11.5 Å². The maximum absolute atomic E-state index is 11.6. The van der Waals surface area contributed by atoms with E-state index in [2.05, 4.69) is 35.4 Å². The van der Waals surface area contributed by atoms with Crippen LogP contribution < -0.4 is 10.2 Å². The van der Waals surface area contributed by atoms with Crippen LogP contribution in [0.3, 0.4) is 0 Å². The summed E-state index contributed by atoms with van der Waals surface area (Å²) < 4.78 is 2.01. The first-order valence-electron chi connectivity index (χ1n) is 11.7. The highest BCUT2D eigenvalue weighted by molar-refractivity contribution is 5.73. The monoisotopic (exact) mass is 480 g/mol. The Morgan fingerprint density at radius 3 is 2.58 bits per heavy atom. The fourth-order valence-electron chi connectivity index (χ4n) is 4.35. The van der Waals surface area contributed by atoms with Crippen LogP contribution in [0.5, 0.6) is 0 Å². The molecule has 0 saturated carbocycles. The van der Waals surface area contributed by atoms with Gasteiger partial charge < -0.3 is 15.1 Å². The quantitative estimate of drug-likeness (QED) is 0.394. The fraction of sp³-hybridized carbons (Fsp3) is 0.200. The summed E-state index contributed by atoms with van der Waals surface area (Å²) in [6.45, 7) is 4.65. The highest BCUT2D eigenvalue weighted by Crippen LogP contribution is 2.25. The maximum Gasteiger partial charge on any atom is 0.228 e. The van der Waals surface area contributed by atoms with Crippen molar-refractivity contribution in [1.82, 2.24) is 39.4 Å². The van der Waals surface area contributed by atoms with E-state index in [0.717, 1.165) is 60.0 Å². The first-order chi connectivity index (χ1) is 17.6. The summed E-state index contributed by atoms with van der Waals surface area (Å²) in [6.07, 6.45) is 11.0. The number of nitrogens with one attached hydrogen (secondary N) is 2. The predicted octanol–water partition coefficient (Wildman–Crippen LogP) is 2.99. The number of H-pyrrole nitrogens is 1. The van der Waals surface area contributed by atoms with Gasteiger partial charge in [0.2, 0.25) is 11.9 Å². The smallest absolute Gasteiger partial charge is 0.228 e. The molecule has 0 spiro atoms. The SMILES string of the molecule is CC(=O)N1CCN(c2ccc(Nc3nccc(-c4cnc5ccc(-c6cn[nH]c6)cn45)n3)nc2)CC1. The van der Waals surface area contributed by atoms with Crippen LogP contribution in [0.2, 0.25) is 0 Å². The van der Waals surface area contributed by atoms with Gasteiger partial charge >= 0.3 is 0 Å². The molecule has 180 valence electrons. The Labute approximate surface area is 206 Å². The Morgan fingerprint density at radius 1 is 0.944 bits per heavy atom. The van der Waals surface area contributed by atoms with Crippen molar-refractivity contribution >= 4 is 29.0 Å². The number of hydrogen-bond donors (Lipinski definition) is 2. The number of carbonyl (C=O) groups excluding carboxylic acids is 1. The second-order valence-corrected chi connectivity index (χ2v) is 8.56. The topological polar surface area (TPSA) is 120 Å².